The molecule has 1 fully saturated rings. The first kappa shape index (κ1) is 18.5. The van der Waals surface area contributed by atoms with Crippen LogP contribution in [0.5, 0.6) is 0 Å². The zero-order valence-electron chi connectivity index (χ0n) is 10.4. The number of nitrogens with two attached hydrogens (primary N) is 1. The number of anilines is 1. The van der Waals surface area contributed by atoms with Crippen molar-refractivity contribution in [2.75, 3.05) is 31.1 Å². The van der Waals surface area contributed by atoms with Crippen LogP contribution in [0.1, 0.15) is 0 Å². The lowest BCUT2D eigenvalue weighted by Gasteiger charge is -2.37. The highest BCUT2D eigenvalue weighted by Gasteiger charge is 2.20. The lowest BCUT2D eigenvalue weighted by atomic mass is 10.2. The van der Waals surface area contributed by atoms with E-state index in [0.717, 1.165) is 43.2 Å². The molecule has 19 heavy (non-hydrogen) atoms. The molecule has 1 aromatic carbocycles. The highest BCUT2D eigenvalue weighted by Crippen LogP contribution is 2.19. The number of aldehydes is 1. The van der Waals surface area contributed by atoms with E-state index in [9.17, 15) is 4.79 Å². The molecular formula is C12H18Cl3N3O. The summed E-state index contributed by atoms with van der Waals surface area (Å²) in [5.41, 5.74) is 6.83. The number of nitrogens with zero attached hydrogens (tertiary/aromatic N) is 2. The van der Waals surface area contributed by atoms with E-state index in [1.807, 2.05) is 29.2 Å². The highest BCUT2D eigenvalue weighted by atomic mass is 35.5. The van der Waals surface area contributed by atoms with Crippen molar-refractivity contribution in [3.8, 4) is 0 Å². The van der Waals surface area contributed by atoms with Crippen molar-refractivity contribution in [2.24, 2.45) is 5.73 Å². The molecule has 1 unspecified atom stereocenters. The molecule has 0 aliphatic carbocycles. The van der Waals surface area contributed by atoms with Crippen LogP contribution in [0.3, 0.4) is 0 Å². The van der Waals surface area contributed by atoms with Crippen LogP contribution in [0.2, 0.25) is 5.02 Å². The number of carbonyl (C=O) groups is 1. The fourth-order valence-electron chi connectivity index (χ4n) is 2.02. The molecule has 0 aromatic heterocycles. The first-order chi connectivity index (χ1) is 8.20. The zero-order chi connectivity index (χ0) is 12.3. The van der Waals surface area contributed by atoms with Crippen molar-refractivity contribution in [2.45, 2.75) is 6.17 Å². The van der Waals surface area contributed by atoms with Gasteiger partial charge in [0.2, 0.25) is 0 Å². The molecule has 2 N–H and O–H groups in total. The minimum atomic E-state index is -0.470. The van der Waals surface area contributed by atoms with Crippen molar-refractivity contribution in [3.05, 3.63) is 29.3 Å². The minimum Gasteiger partial charge on any atom is -0.369 e. The topological polar surface area (TPSA) is 49.6 Å². The first-order valence-electron chi connectivity index (χ1n) is 5.66. The van der Waals surface area contributed by atoms with E-state index in [1.54, 1.807) is 0 Å². The second kappa shape index (κ2) is 8.61. The van der Waals surface area contributed by atoms with E-state index >= 15 is 0 Å². The van der Waals surface area contributed by atoms with Crippen LogP contribution in [-0.4, -0.2) is 43.5 Å². The number of benzene rings is 1. The number of hydrogen-bond acceptors (Lipinski definition) is 4. The predicted molar refractivity (Wildman–Crippen MR) is 83.8 cm³/mol. The van der Waals surface area contributed by atoms with Crippen LogP contribution in [-0.2, 0) is 4.79 Å². The van der Waals surface area contributed by atoms with Crippen LogP contribution in [0.25, 0.3) is 0 Å². The van der Waals surface area contributed by atoms with Crippen LogP contribution >= 0.6 is 36.4 Å². The molecule has 0 bridgehead atoms. The normalized spacial score (nSPS) is 17.1. The first-order valence-corrected chi connectivity index (χ1v) is 6.04. The van der Waals surface area contributed by atoms with E-state index in [4.69, 9.17) is 17.3 Å². The zero-order valence-corrected chi connectivity index (χ0v) is 12.8. The molecule has 0 saturated carbocycles. The van der Waals surface area contributed by atoms with Gasteiger partial charge >= 0.3 is 0 Å². The van der Waals surface area contributed by atoms with Gasteiger partial charge in [0, 0.05) is 36.9 Å². The second-order valence-electron chi connectivity index (χ2n) is 4.13. The van der Waals surface area contributed by atoms with Crippen molar-refractivity contribution >= 4 is 48.4 Å². The molecule has 1 heterocycles. The van der Waals surface area contributed by atoms with E-state index in [1.165, 1.54) is 0 Å². The van der Waals surface area contributed by atoms with Crippen molar-refractivity contribution in [1.29, 1.82) is 0 Å². The fourth-order valence-corrected chi connectivity index (χ4v) is 2.14. The Morgan fingerprint density at radius 2 is 1.63 bits per heavy atom. The van der Waals surface area contributed by atoms with Crippen molar-refractivity contribution in [3.63, 3.8) is 0 Å². The molecule has 1 aliphatic heterocycles. The monoisotopic (exact) mass is 325 g/mol. The van der Waals surface area contributed by atoms with E-state index in [2.05, 4.69) is 4.90 Å². The summed E-state index contributed by atoms with van der Waals surface area (Å²) in [5.74, 6) is 0. The average Bonchev–Trinajstić information content (AvgIpc) is 2.39. The molecule has 4 nitrogen and oxygen atoms in total. The van der Waals surface area contributed by atoms with Gasteiger partial charge in [0.1, 0.15) is 6.17 Å². The summed E-state index contributed by atoms with van der Waals surface area (Å²) in [6.45, 7) is 3.37. The number of halogens is 3. The lowest BCUT2D eigenvalue weighted by molar-refractivity contribution is -0.112. The van der Waals surface area contributed by atoms with Crippen LogP contribution in [0.4, 0.5) is 5.69 Å². The van der Waals surface area contributed by atoms with Crippen LogP contribution in [0, 0.1) is 0 Å². The van der Waals surface area contributed by atoms with Gasteiger partial charge in [-0.15, -0.1) is 24.8 Å². The van der Waals surface area contributed by atoms with E-state index < -0.39 is 6.17 Å². The number of hydrogen-bond donors (Lipinski definition) is 1. The summed E-state index contributed by atoms with van der Waals surface area (Å²) in [5, 5.41) is 0.746. The maximum Gasteiger partial charge on any atom is 0.151 e. The minimum absolute atomic E-state index is 0. The SMILES string of the molecule is Cl.Cl.NC(C=O)N1CCN(c2ccc(Cl)cc2)CC1. The average molecular weight is 327 g/mol. The Balaban J connectivity index is 0.00000162. The van der Waals surface area contributed by atoms with Gasteiger partial charge in [-0.2, -0.15) is 0 Å². The molecule has 1 saturated heterocycles. The lowest BCUT2D eigenvalue weighted by Crippen LogP contribution is -2.53. The van der Waals surface area contributed by atoms with Gasteiger partial charge in [0.05, 0.1) is 0 Å². The summed E-state index contributed by atoms with van der Waals surface area (Å²) in [4.78, 5) is 14.9. The summed E-state index contributed by atoms with van der Waals surface area (Å²) in [6.07, 6.45) is 0.320. The molecule has 2 rings (SSSR count). The molecular weight excluding hydrogens is 309 g/mol. The maximum atomic E-state index is 10.6. The van der Waals surface area contributed by atoms with Crippen LogP contribution in [0.15, 0.2) is 24.3 Å². The maximum absolute atomic E-state index is 10.6. The molecule has 1 atom stereocenters. The predicted octanol–water partition coefficient (Wildman–Crippen LogP) is 1.79. The fraction of sp³-hybridized carbons (Fsp3) is 0.417. The molecule has 1 aromatic rings. The van der Waals surface area contributed by atoms with Gasteiger partial charge in [-0.3, -0.25) is 4.90 Å². The van der Waals surface area contributed by atoms with Gasteiger partial charge in [0.15, 0.2) is 6.29 Å². The third-order valence-corrected chi connectivity index (χ3v) is 3.32. The molecule has 108 valence electrons. The van der Waals surface area contributed by atoms with E-state index in [0.29, 0.717) is 0 Å². The number of carbonyl (C=O) groups excluding carboxylic acids is 1. The summed E-state index contributed by atoms with van der Waals surface area (Å²) in [6, 6.07) is 7.80. The highest BCUT2D eigenvalue weighted by molar-refractivity contribution is 6.30. The van der Waals surface area contributed by atoms with Crippen molar-refractivity contribution in [1.82, 2.24) is 4.90 Å². The van der Waals surface area contributed by atoms with Gasteiger partial charge in [-0.1, -0.05) is 11.6 Å². The van der Waals surface area contributed by atoms with Gasteiger partial charge in [-0.05, 0) is 24.3 Å². The van der Waals surface area contributed by atoms with Gasteiger partial charge in [-0.25, -0.2) is 0 Å². The molecule has 0 radical (unpaired) electrons. The van der Waals surface area contributed by atoms with E-state index in [-0.39, 0.29) is 24.8 Å². The Morgan fingerprint density at radius 1 is 1.11 bits per heavy atom. The Bertz CT molecular complexity index is 380. The molecule has 7 heteroatoms. The number of rotatable bonds is 3. The van der Waals surface area contributed by atoms with Crippen LogP contribution < -0.4 is 10.6 Å². The third-order valence-electron chi connectivity index (χ3n) is 3.07. The Kier molecular flexibility index (Phi) is 8.38. The summed E-state index contributed by atoms with van der Waals surface area (Å²) in [7, 11) is 0. The standard InChI is InChI=1S/C12H16ClN3O.2ClH/c13-10-1-3-11(4-2-10)15-5-7-16(8-6-15)12(14)9-17;;/h1-4,9,12H,5-8,14H2;2*1H. The second-order valence-corrected chi connectivity index (χ2v) is 4.56. The smallest absolute Gasteiger partial charge is 0.151 e. The number of piperazine rings is 1. The Hall–Kier alpha value is -0.520. The summed E-state index contributed by atoms with van der Waals surface area (Å²) >= 11 is 5.85. The van der Waals surface area contributed by atoms with Crippen molar-refractivity contribution < 1.29 is 4.79 Å². The Morgan fingerprint density at radius 3 is 2.11 bits per heavy atom. The van der Waals surface area contributed by atoms with Gasteiger partial charge < -0.3 is 15.4 Å². The quantitative estimate of drug-likeness (QED) is 0.861. The Labute approximate surface area is 130 Å². The third kappa shape index (κ3) is 4.82. The molecule has 0 spiro atoms. The van der Waals surface area contributed by atoms with Gasteiger partial charge in [0.25, 0.3) is 0 Å². The largest absolute Gasteiger partial charge is 0.369 e. The molecule has 0 amide bonds. The summed E-state index contributed by atoms with van der Waals surface area (Å²) < 4.78 is 0. The molecule has 1 aliphatic rings.